The molecule has 0 fully saturated rings. The lowest BCUT2D eigenvalue weighted by molar-refractivity contribution is -0.107. The highest BCUT2D eigenvalue weighted by Gasteiger charge is 2.02. The fourth-order valence-corrected chi connectivity index (χ4v) is 1.11. The minimum atomic E-state index is 0.663. The first kappa shape index (κ1) is 9.58. The Morgan fingerprint density at radius 1 is 1.54 bits per heavy atom. The zero-order chi connectivity index (χ0) is 9.68. The average molecular weight is 179 g/mol. The summed E-state index contributed by atoms with van der Waals surface area (Å²) in [4.78, 5) is 12.2. The van der Waals surface area contributed by atoms with E-state index in [2.05, 4.69) is 0 Å². The smallest absolute Gasteiger partial charge is 0.214 e. The number of ether oxygens (including phenoxy) is 1. The number of carbonyl (C=O) groups excluding carboxylic acids is 1. The van der Waals surface area contributed by atoms with Crippen LogP contribution in [0.1, 0.15) is 6.92 Å². The van der Waals surface area contributed by atoms with Crippen LogP contribution in [0.2, 0.25) is 0 Å². The van der Waals surface area contributed by atoms with E-state index in [1.807, 2.05) is 31.2 Å². The molecular formula is C10H13NO2. The SMILES string of the molecule is CCN(C=O)c1cccc(OC)c1. The zero-order valence-electron chi connectivity index (χ0n) is 7.86. The summed E-state index contributed by atoms with van der Waals surface area (Å²) in [6, 6.07) is 7.42. The van der Waals surface area contributed by atoms with Crippen molar-refractivity contribution >= 4 is 12.1 Å². The van der Waals surface area contributed by atoms with E-state index in [0.717, 1.165) is 17.8 Å². The van der Waals surface area contributed by atoms with E-state index in [0.29, 0.717) is 6.54 Å². The third-order valence-corrected chi connectivity index (χ3v) is 1.85. The molecule has 1 aromatic carbocycles. The van der Waals surface area contributed by atoms with Crippen LogP contribution in [0, 0.1) is 0 Å². The van der Waals surface area contributed by atoms with Gasteiger partial charge in [-0.15, -0.1) is 0 Å². The molecule has 0 heterocycles. The summed E-state index contributed by atoms with van der Waals surface area (Å²) in [5.74, 6) is 0.762. The second-order valence-electron chi connectivity index (χ2n) is 2.59. The van der Waals surface area contributed by atoms with Crippen LogP contribution in [-0.2, 0) is 4.79 Å². The largest absolute Gasteiger partial charge is 0.497 e. The van der Waals surface area contributed by atoms with E-state index in [4.69, 9.17) is 4.74 Å². The molecule has 0 aliphatic heterocycles. The van der Waals surface area contributed by atoms with Crippen LogP contribution in [0.4, 0.5) is 5.69 Å². The number of hydrogen-bond acceptors (Lipinski definition) is 2. The first-order valence-electron chi connectivity index (χ1n) is 4.17. The van der Waals surface area contributed by atoms with Crippen molar-refractivity contribution in [2.24, 2.45) is 0 Å². The Labute approximate surface area is 77.9 Å². The highest BCUT2D eigenvalue weighted by atomic mass is 16.5. The van der Waals surface area contributed by atoms with Crippen molar-refractivity contribution in [1.29, 1.82) is 0 Å². The van der Waals surface area contributed by atoms with Gasteiger partial charge in [-0.2, -0.15) is 0 Å². The van der Waals surface area contributed by atoms with Gasteiger partial charge in [0.05, 0.1) is 7.11 Å². The van der Waals surface area contributed by atoms with E-state index in [9.17, 15) is 4.79 Å². The second kappa shape index (κ2) is 4.50. The van der Waals surface area contributed by atoms with Crippen LogP contribution in [0.15, 0.2) is 24.3 Å². The zero-order valence-corrected chi connectivity index (χ0v) is 7.86. The fourth-order valence-electron chi connectivity index (χ4n) is 1.11. The summed E-state index contributed by atoms with van der Waals surface area (Å²) >= 11 is 0. The number of rotatable bonds is 4. The van der Waals surface area contributed by atoms with E-state index in [-0.39, 0.29) is 0 Å². The van der Waals surface area contributed by atoms with Crippen molar-refractivity contribution in [3.8, 4) is 5.75 Å². The van der Waals surface area contributed by atoms with Crippen LogP contribution >= 0.6 is 0 Å². The maximum Gasteiger partial charge on any atom is 0.214 e. The number of carbonyl (C=O) groups is 1. The normalized spacial score (nSPS) is 9.38. The Hall–Kier alpha value is -1.51. The van der Waals surface area contributed by atoms with Crippen molar-refractivity contribution in [2.45, 2.75) is 6.92 Å². The van der Waals surface area contributed by atoms with E-state index >= 15 is 0 Å². The number of anilines is 1. The molecule has 0 unspecified atom stereocenters. The molecule has 0 aliphatic carbocycles. The van der Waals surface area contributed by atoms with Gasteiger partial charge >= 0.3 is 0 Å². The molecule has 3 heteroatoms. The maximum absolute atomic E-state index is 10.6. The lowest BCUT2D eigenvalue weighted by Gasteiger charge is -2.15. The summed E-state index contributed by atoms with van der Waals surface area (Å²) in [5.41, 5.74) is 0.858. The lowest BCUT2D eigenvalue weighted by Crippen LogP contribution is -2.19. The number of hydrogen-bond donors (Lipinski definition) is 0. The summed E-state index contributed by atoms with van der Waals surface area (Å²) in [5, 5.41) is 0. The summed E-state index contributed by atoms with van der Waals surface area (Å²) in [7, 11) is 1.61. The van der Waals surface area contributed by atoms with E-state index in [1.165, 1.54) is 0 Å². The molecule has 0 spiro atoms. The lowest BCUT2D eigenvalue weighted by atomic mass is 10.3. The van der Waals surface area contributed by atoms with Crippen molar-refractivity contribution in [2.75, 3.05) is 18.6 Å². The van der Waals surface area contributed by atoms with Gasteiger partial charge in [0.15, 0.2) is 0 Å². The Balaban J connectivity index is 2.92. The minimum Gasteiger partial charge on any atom is -0.497 e. The highest BCUT2D eigenvalue weighted by molar-refractivity contribution is 5.75. The van der Waals surface area contributed by atoms with Gasteiger partial charge in [-0.3, -0.25) is 4.79 Å². The molecule has 0 radical (unpaired) electrons. The highest BCUT2D eigenvalue weighted by Crippen LogP contribution is 2.19. The summed E-state index contributed by atoms with van der Waals surface area (Å²) < 4.78 is 5.05. The van der Waals surface area contributed by atoms with Gasteiger partial charge in [0.1, 0.15) is 5.75 Å². The van der Waals surface area contributed by atoms with Gasteiger partial charge in [-0.1, -0.05) is 6.07 Å². The first-order chi connectivity index (χ1) is 6.31. The average Bonchev–Trinajstić information content (AvgIpc) is 2.20. The number of nitrogens with zero attached hydrogens (tertiary/aromatic N) is 1. The Morgan fingerprint density at radius 3 is 2.85 bits per heavy atom. The monoisotopic (exact) mass is 179 g/mol. The minimum absolute atomic E-state index is 0.663. The number of methoxy groups -OCH3 is 1. The van der Waals surface area contributed by atoms with Crippen LogP contribution in [0.3, 0.4) is 0 Å². The van der Waals surface area contributed by atoms with Crippen LogP contribution in [-0.4, -0.2) is 20.1 Å². The van der Waals surface area contributed by atoms with Gasteiger partial charge < -0.3 is 9.64 Å². The van der Waals surface area contributed by atoms with Crippen LogP contribution in [0.25, 0.3) is 0 Å². The molecule has 0 N–H and O–H groups in total. The first-order valence-corrected chi connectivity index (χ1v) is 4.17. The molecule has 1 amide bonds. The molecular weight excluding hydrogens is 166 g/mol. The van der Waals surface area contributed by atoms with Gasteiger partial charge in [0.2, 0.25) is 6.41 Å². The fraction of sp³-hybridized carbons (Fsp3) is 0.300. The molecule has 1 rings (SSSR count). The molecule has 0 aromatic heterocycles. The van der Waals surface area contributed by atoms with E-state index in [1.54, 1.807) is 12.0 Å². The quantitative estimate of drug-likeness (QED) is 0.658. The standard InChI is InChI=1S/C10H13NO2/c1-3-11(8-12)9-5-4-6-10(7-9)13-2/h4-8H,3H2,1-2H3. The second-order valence-corrected chi connectivity index (χ2v) is 2.59. The predicted octanol–water partition coefficient (Wildman–Crippen LogP) is 1.68. The molecule has 3 nitrogen and oxygen atoms in total. The van der Waals surface area contributed by atoms with Crippen LogP contribution < -0.4 is 9.64 Å². The molecule has 1 aromatic rings. The molecule has 0 saturated heterocycles. The van der Waals surface area contributed by atoms with Gasteiger partial charge in [-0.25, -0.2) is 0 Å². The molecule has 0 atom stereocenters. The molecule has 0 aliphatic rings. The van der Waals surface area contributed by atoms with Gasteiger partial charge in [0, 0.05) is 18.3 Å². The molecule has 0 bridgehead atoms. The maximum atomic E-state index is 10.6. The van der Waals surface area contributed by atoms with Crippen molar-refractivity contribution < 1.29 is 9.53 Å². The number of amides is 1. The Bertz CT molecular complexity index is 286. The third kappa shape index (κ3) is 2.21. The van der Waals surface area contributed by atoms with Crippen molar-refractivity contribution in [1.82, 2.24) is 0 Å². The molecule has 70 valence electrons. The van der Waals surface area contributed by atoms with Crippen molar-refractivity contribution in [3.63, 3.8) is 0 Å². The Morgan fingerprint density at radius 2 is 2.31 bits per heavy atom. The Kier molecular flexibility index (Phi) is 3.31. The molecule has 0 saturated carbocycles. The molecule has 13 heavy (non-hydrogen) atoms. The van der Waals surface area contributed by atoms with E-state index < -0.39 is 0 Å². The predicted molar refractivity (Wildman–Crippen MR) is 52.1 cm³/mol. The summed E-state index contributed by atoms with van der Waals surface area (Å²) in [6.07, 6.45) is 0.814. The van der Waals surface area contributed by atoms with Crippen LogP contribution in [0.5, 0.6) is 5.75 Å². The van der Waals surface area contributed by atoms with Gasteiger partial charge in [-0.05, 0) is 19.1 Å². The third-order valence-electron chi connectivity index (χ3n) is 1.85. The summed E-state index contributed by atoms with van der Waals surface area (Å²) in [6.45, 7) is 2.59. The number of benzene rings is 1. The van der Waals surface area contributed by atoms with Gasteiger partial charge in [0.25, 0.3) is 0 Å². The van der Waals surface area contributed by atoms with Crippen molar-refractivity contribution in [3.05, 3.63) is 24.3 Å². The topological polar surface area (TPSA) is 29.5 Å².